The maximum Gasteiger partial charge on any atom is 0.234 e. The Labute approximate surface area is 195 Å². The Hall–Kier alpha value is -1.66. The van der Waals surface area contributed by atoms with Crippen molar-refractivity contribution in [2.45, 2.75) is 13.0 Å². The largest absolute Gasteiger partial charge is 0.489 e. The molecular formula is C20H33FIN5O3. The molecule has 0 radical (unpaired) electrons. The van der Waals surface area contributed by atoms with E-state index in [1.165, 1.54) is 12.1 Å². The van der Waals surface area contributed by atoms with Crippen molar-refractivity contribution >= 4 is 35.8 Å². The topological polar surface area (TPSA) is 78.4 Å². The fourth-order valence-corrected chi connectivity index (χ4v) is 3.02. The SMILES string of the molecule is CN=C(NCC(C)Oc1ccc(F)cc1)N1CCN(CC(=O)NCCOC)CC1.I. The minimum absolute atomic E-state index is 0. The molecule has 2 rings (SSSR count). The summed E-state index contributed by atoms with van der Waals surface area (Å²) in [4.78, 5) is 20.6. The van der Waals surface area contributed by atoms with Gasteiger partial charge >= 0.3 is 0 Å². The van der Waals surface area contributed by atoms with Crippen LogP contribution < -0.4 is 15.4 Å². The van der Waals surface area contributed by atoms with Gasteiger partial charge in [0.2, 0.25) is 5.91 Å². The number of piperazine rings is 1. The van der Waals surface area contributed by atoms with Gasteiger partial charge in [0.25, 0.3) is 0 Å². The van der Waals surface area contributed by atoms with Crippen LogP contribution in [-0.4, -0.2) is 94.3 Å². The quantitative estimate of drug-likeness (QED) is 0.213. The van der Waals surface area contributed by atoms with E-state index in [0.717, 1.165) is 32.1 Å². The number of nitrogens with zero attached hydrogens (tertiary/aromatic N) is 3. The minimum Gasteiger partial charge on any atom is -0.489 e. The first kappa shape index (κ1) is 26.4. The molecule has 30 heavy (non-hydrogen) atoms. The maximum absolute atomic E-state index is 13.0. The van der Waals surface area contributed by atoms with E-state index in [2.05, 4.69) is 25.4 Å². The Balaban J connectivity index is 0.00000450. The van der Waals surface area contributed by atoms with E-state index in [-0.39, 0.29) is 41.8 Å². The molecule has 170 valence electrons. The second-order valence-corrected chi connectivity index (χ2v) is 6.92. The molecule has 0 bridgehead atoms. The van der Waals surface area contributed by atoms with Crippen LogP contribution in [0.4, 0.5) is 4.39 Å². The number of aliphatic imine (C=N–C) groups is 1. The van der Waals surface area contributed by atoms with E-state index in [1.807, 2.05) is 6.92 Å². The lowest BCUT2D eigenvalue weighted by Gasteiger charge is -2.36. The van der Waals surface area contributed by atoms with Gasteiger partial charge in [-0.05, 0) is 31.2 Å². The third-order valence-electron chi connectivity index (χ3n) is 4.58. The number of guanidine groups is 1. The normalized spacial score (nSPS) is 15.9. The third kappa shape index (κ3) is 9.43. The molecule has 1 aliphatic rings. The molecule has 1 aromatic carbocycles. The second-order valence-electron chi connectivity index (χ2n) is 6.92. The van der Waals surface area contributed by atoms with Crippen LogP contribution in [0.1, 0.15) is 6.92 Å². The number of hydrogen-bond donors (Lipinski definition) is 2. The number of carbonyl (C=O) groups is 1. The lowest BCUT2D eigenvalue weighted by molar-refractivity contribution is -0.122. The Morgan fingerprint density at radius 2 is 1.87 bits per heavy atom. The third-order valence-corrected chi connectivity index (χ3v) is 4.58. The van der Waals surface area contributed by atoms with Gasteiger partial charge in [0.05, 0.1) is 19.7 Å². The summed E-state index contributed by atoms with van der Waals surface area (Å²) < 4.78 is 23.7. The number of halogens is 2. The van der Waals surface area contributed by atoms with Gasteiger partial charge in [-0.25, -0.2) is 4.39 Å². The van der Waals surface area contributed by atoms with Gasteiger partial charge in [0.1, 0.15) is 17.7 Å². The van der Waals surface area contributed by atoms with Crippen molar-refractivity contribution in [3.63, 3.8) is 0 Å². The van der Waals surface area contributed by atoms with E-state index in [0.29, 0.717) is 32.0 Å². The average molecular weight is 537 g/mol. The molecule has 0 saturated carbocycles. The van der Waals surface area contributed by atoms with E-state index < -0.39 is 0 Å². The van der Waals surface area contributed by atoms with Gasteiger partial charge in [-0.15, -0.1) is 24.0 Å². The Bertz CT molecular complexity index is 654. The van der Waals surface area contributed by atoms with E-state index >= 15 is 0 Å². The number of benzene rings is 1. The van der Waals surface area contributed by atoms with Crippen molar-refractivity contribution < 1.29 is 18.7 Å². The fourth-order valence-electron chi connectivity index (χ4n) is 3.02. The van der Waals surface area contributed by atoms with Crippen molar-refractivity contribution in [3.8, 4) is 5.75 Å². The zero-order valence-corrected chi connectivity index (χ0v) is 20.2. The first-order valence-corrected chi connectivity index (χ1v) is 9.87. The summed E-state index contributed by atoms with van der Waals surface area (Å²) in [6, 6.07) is 5.99. The average Bonchev–Trinajstić information content (AvgIpc) is 2.71. The highest BCUT2D eigenvalue weighted by Gasteiger charge is 2.21. The second kappa shape index (κ2) is 14.4. The van der Waals surface area contributed by atoms with Crippen LogP contribution in [0, 0.1) is 5.82 Å². The predicted octanol–water partition coefficient (Wildman–Crippen LogP) is 1.17. The number of methoxy groups -OCH3 is 1. The molecular weight excluding hydrogens is 504 g/mol. The first-order chi connectivity index (χ1) is 14.0. The van der Waals surface area contributed by atoms with Crippen LogP contribution in [0.15, 0.2) is 29.3 Å². The van der Waals surface area contributed by atoms with Crippen molar-refractivity contribution in [1.29, 1.82) is 0 Å². The van der Waals surface area contributed by atoms with Gasteiger partial charge in [-0.3, -0.25) is 14.7 Å². The summed E-state index contributed by atoms with van der Waals surface area (Å²) in [5, 5.41) is 6.17. The van der Waals surface area contributed by atoms with Crippen LogP contribution in [-0.2, 0) is 9.53 Å². The van der Waals surface area contributed by atoms with E-state index in [9.17, 15) is 9.18 Å². The van der Waals surface area contributed by atoms with Gasteiger partial charge in [-0.2, -0.15) is 0 Å². The Morgan fingerprint density at radius 3 is 2.47 bits per heavy atom. The number of ether oxygens (including phenoxy) is 2. The maximum atomic E-state index is 13.0. The summed E-state index contributed by atoms with van der Waals surface area (Å²) in [5.74, 6) is 1.18. The molecule has 1 atom stereocenters. The summed E-state index contributed by atoms with van der Waals surface area (Å²) in [6.07, 6.45) is -0.103. The molecule has 2 N–H and O–H groups in total. The highest BCUT2D eigenvalue weighted by molar-refractivity contribution is 14.0. The molecule has 1 fully saturated rings. The zero-order chi connectivity index (χ0) is 21.1. The molecule has 0 aromatic heterocycles. The minimum atomic E-state index is -0.282. The fraction of sp³-hybridized carbons (Fsp3) is 0.600. The van der Waals surface area contributed by atoms with E-state index in [1.54, 1.807) is 26.3 Å². The molecule has 0 spiro atoms. The monoisotopic (exact) mass is 537 g/mol. The lowest BCUT2D eigenvalue weighted by Crippen LogP contribution is -2.54. The standard InChI is InChI=1S/C20H32FN5O3.HI/c1-16(29-18-6-4-17(21)5-7-18)14-24-20(22-2)26-11-9-25(10-12-26)15-19(27)23-8-13-28-3;/h4-7,16H,8-15H2,1-3H3,(H,22,24)(H,23,27);1H. The molecule has 0 aliphatic carbocycles. The summed E-state index contributed by atoms with van der Waals surface area (Å²) in [6.45, 7) is 7.13. The van der Waals surface area contributed by atoms with Crippen molar-refractivity contribution in [2.24, 2.45) is 4.99 Å². The number of amides is 1. The highest BCUT2D eigenvalue weighted by Crippen LogP contribution is 2.12. The molecule has 1 aliphatic heterocycles. The molecule has 1 saturated heterocycles. The molecule has 1 aromatic rings. The number of hydrogen-bond acceptors (Lipinski definition) is 5. The highest BCUT2D eigenvalue weighted by atomic mass is 127. The van der Waals surface area contributed by atoms with E-state index in [4.69, 9.17) is 9.47 Å². The number of rotatable bonds is 9. The van der Waals surface area contributed by atoms with Crippen molar-refractivity contribution in [3.05, 3.63) is 30.1 Å². The molecule has 1 heterocycles. The predicted molar refractivity (Wildman–Crippen MR) is 126 cm³/mol. The van der Waals surface area contributed by atoms with Crippen LogP contribution in [0.2, 0.25) is 0 Å². The van der Waals surface area contributed by atoms with Crippen LogP contribution >= 0.6 is 24.0 Å². The number of nitrogens with one attached hydrogen (secondary N) is 2. The molecule has 8 nitrogen and oxygen atoms in total. The zero-order valence-electron chi connectivity index (χ0n) is 17.9. The molecule has 1 amide bonds. The van der Waals surface area contributed by atoms with Gasteiger partial charge < -0.3 is 25.0 Å². The van der Waals surface area contributed by atoms with Gasteiger partial charge in [-0.1, -0.05) is 0 Å². The van der Waals surface area contributed by atoms with Crippen LogP contribution in [0.25, 0.3) is 0 Å². The van der Waals surface area contributed by atoms with Gasteiger partial charge in [0.15, 0.2) is 5.96 Å². The summed E-state index contributed by atoms with van der Waals surface area (Å²) in [5.41, 5.74) is 0. The first-order valence-electron chi connectivity index (χ1n) is 9.87. The summed E-state index contributed by atoms with van der Waals surface area (Å²) >= 11 is 0. The Kier molecular flexibility index (Phi) is 12.6. The van der Waals surface area contributed by atoms with Crippen molar-refractivity contribution in [1.82, 2.24) is 20.4 Å². The lowest BCUT2D eigenvalue weighted by atomic mass is 10.3. The van der Waals surface area contributed by atoms with Crippen molar-refractivity contribution in [2.75, 3.05) is 66.6 Å². The Morgan fingerprint density at radius 1 is 1.20 bits per heavy atom. The van der Waals surface area contributed by atoms with Crippen LogP contribution in [0.5, 0.6) is 5.75 Å². The van der Waals surface area contributed by atoms with Gasteiger partial charge in [0, 0.05) is 46.9 Å². The molecule has 10 heteroatoms. The molecule has 1 unspecified atom stereocenters. The number of carbonyl (C=O) groups excluding carboxylic acids is 1. The summed E-state index contributed by atoms with van der Waals surface area (Å²) in [7, 11) is 3.37. The smallest absolute Gasteiger partial charge is 0.234 e. The van der Waals surface area contributed by atoms with Crippen LogP contribution in [0.3, 0.4) is 0 Å².